The first-order chi connectivity index (χ1) is 8.92. The van der Waals surface area contributed by atoms with E-state index in [1.165, 1.54) is 25.7 Å². The standard InChI is InChI=1S/C15H25NO2/c1-2-15(18-6-1)11-17-7-5-16-10-14-9-12-3-4-13(14)8-12/h3-4,12-16H,1-2,5-11H2/t12-,13-,14+,15+/m0/s1. The van der Waals surface area contributed by atoms with Gasteiger partial charge < -0.3 is 14.8 Å². The summed E-state index contributed by atoms with van der Waals surface area (Å²) in [4.78, 5) is 0. The lowest BCUT2D eigenvalue weighted by molar-refractivity contribution is 0.0181. The van der Waals surface area contributed by atoms with Crippen LogP contribution in [0.1, 0.15) is 25.7 Å². The van der Waals surface area contributed by atoms with E-state index >= 15 is 0 Å². The summed E-state index contributed by atoms with van der Waals surface area (Å²) >= 11 is 0. The molecule has 0 amide bonds. The summed E-state index contributed by atoms with van der Waals surface area (Å²) in [6.45, 7) is 4.65. The van der Waals surface area contributed by atoms with Crippen molar-refractivity contribution < 1.29 is 9.47 Å². The molecule has 0 unspecified atom stereocenters. The minimum atomic E-state index is 0.362. The molecule has 1 N–H and O–H groups in total. The molecule has 1 heterocycles. The quantitative estimate of drug-likeness (QED) is 0.554. The average molecular weight is 251 g/mol. The van der Waals surface area contributed by atoms with Gasteiger partial charge in [0.2, 0.25) is 0 Å². The van der Waals surface area contributed by atoms with Gasteiger partial charge in [-0.1, -0.05) is 12.2 Å². The summed E-state index contributed by atoms with van der Waals surface area (Å²) in [6, 6.07) is 0. The van der Waals surface area contributed by atoms with Crippen molar-refractivity contribution in [1.29, 1.82) is 0 Å². The molecule has 1 saturated carbocycles. The number of hydrogen-bond acceptors (Lipinski definition) is 3. The van der Waals surface area contributed by atoms with Gasteiger partial charge in [-0.3, -0.25) is 0 Å². The Balaban J connectivity index is 1.20. The maximum Gasteiger partial charge on any atom is 0.0809 e. The van der Waals surface area contributed by atoms with E-state index in [1.807, 2.05) is 0 Å². The van der Waals surface area contributed by atoms with Crippen LogP contribution in [-0.2, 0) is 9.47 Å². The Bertz CT molecular complexity index is 286. The first kappa shape index (κ1) is 12.6. The Morgan fingerprint density at radius 1 is 1.28 bits per heavy atom. The van der Waals surface area contributed by atoms with Gasteiger partial charge in [0, 0.05) is 13.2 Å². The number of allylic oxidation sites excluding steroid dienone is 2. The molecule has 0 aromatic carbocycles. The molecule has 0 aromatic rings. The summed E-state index contributed by atoms with van der Waals surface area (Å²) < 4.78 is 11.2. The summed E-state index contributed by atoms with van der Waals surface area (Å²) in [5.74, 6) is 2.62. The van der Waals surface area contributed by atoms with Crippen molar-refractivity contribution in [2.24, 2.45) is 17.8 Å². The van der Waals surface area contributed by atoms with Gasteiger partial charge in [-0.2, -0.15) is 0 Å². The molecule has 0 aromatic heterocycles. The van der Waals surface area contributed by atoms with E-state index in [1.54, 1.807) is 0 Å². The predicted molar refractivity (Wildman–Crippen MR) is 71.5 cm³/mol. The smallest absolute Gasteiger partial charge is 0.0809 e. The Morgan fingerprint density at radius 3 is 3.00 bits per heavy atom. The molecule has 2 bridgehead atoms. The lowest BCUT2D eigenvalue weighted by Crippen LogP contribution is -2.29. The highest BCUT2D eigenvalue weighted by atomic mass is 16.5. The minimum Gasteiger partial charge on any atom is -0.377 e. The summed E-state index contributed by atoms with van der Waals surface area (Å²) in [6.07, 6.45) is 10.4. The molecule has 1 saturated heterocycles. The van der Waals surface area contributed by atoms with Crippen LogP contribution in [0.4, 0.5) is 0 Å². The molecule has 3 nitrogen and oxygen atoms in total. The van der Waals surface area contributed by atoms with Crippen LogP contribution in [0.3, 0.4) is 0 Å². The second kappa shape index (κ2) is 6.18. The van der Waals surface area contributed by atoms with Crippen LogP contribution in [0, 0.1) is 17.8 Å². The van der Waals surface area contributed by atoms with Crippen molar-refractivity contribution in [1.82, 2.24) is 5.32 Å². The number of ether oxygens (including phenoxy) is 2. The Labute approximate surface area is 110 Å². The van der Waals surface area contributed by atoms with Crippen LogP contribution in [0.2, 0.25) is 0 Å². The number of fused-ring (bicyclic) bond motifs is 2. The van der Waals surface area contributed by atoms with E-state index in [-0.39, 0.29) is 0 Å². The number of hydrogen-bond donors (Lipinski definition) is 1. The topological polar surface area (TPSA) is 30.5 Å². The van der Waals surface area contributed by atoms with Crippen LogP contribution in [0.15, 0.2) is 12.2 Å². The van der Waals surface area contributed by atoms with E-state index in [4.69, 9.17) is 9.47 Å². The zero-order chi connectivity index (χ0) is 12.2. The fourth-order valence-electron chi connectivity index (χ4n) is 3.55. The maximum absolute atomic E-state index is 5.64. The highest BCUT2D eigenvalue weighted by Crippen LogP contribution is 2.42. The van der Waals surface area contributed by atoms with Crippen LogP contribution in [-0.4, -0.2) is 39.0 Å². The third kappa shape index (κ3) is 3.14. The zero-order valence-corrected chi connectivity index (χ0v) is 11.1. The fraction of sp³-hybridized carbons (Fsp3) is 0.867. The van der Waals surface area contributed by atoms with E-state index in [0.717, 1.165) is 50.7 Å². The van der Waals surface area contributed by atoms with E-state index in [2.05, 4.69) is 17.5 Å². The van der Waals surface area contributed by atoms with Crippen molar-refractivity contribution in [3.8, 4) is 0 Å². The molecular formula is C15H25NO2. The first-order valence-electron chi connectivity index (χ1n) is 7.50. The van der Waals surface area contributed by atoms with Crippen molar-refractivity contribution in [3.05, 3.63) is 12.2 Å². The van der Waals surface area contributed by atoms with Gasteiger partial charge in [0.1, 0.15) is 0 Å². The highest BCUT2D eigenvalue weighted by Gasteiger charge is 2.34. The molecule has 3 rings (SSSR count). The molecule has 2 fully saturated rings. The molecule has 1 aliphatic heterocycles. The Kier molecular flexibility index (Phi) is 4.34. The average Bonchev–Trinajstić information content (AvgIpc) is 3.10. The molecule has 18 heavy (non-hydrogen) atoms. The number of rotatable bonds is 7. The fourth-order valence-corrected chi connectivity index (χ4v) is 3.55. The third-order valence-corrected chi connectivity index (χ3v) is 4.57. The largest absolute Gasteiger partial charge is 0.377 e. The van der Waals surface area contributed by atoms with E-state index in [9.17, 15) is 0 Å². The molecule has 4 atom stereocenters. The highest BCUT2D eigenvalue weighted by molar-refractivity contribution is 5.10. The normalized spacial score (nSPS) is 37.8. The van der Waals surface area contributed by atoms with Crippen LogP contribution < -0.4 is 5.32 Å². The van der Waals surface area contributed by atoms with Gasteiger partial charge in [0.05, 0.1) is 19.3 Å². The van der Waals surface area contributed by atoms with Crippen molar-refractivity contribution in [2.45, 2.75) is 31.8 Å². The minimum absolute atomic E-state index is 0.362. The second-order valence-corrected chi connectivity index (χ2v) is 5.95. The molecule has 2 aliphatic carbocycles. The van der Waals surface area contributed by atoms with Crippen molar-refractivity contribution in [2.75, 3.05) is 32.9 Å². The molecule has 3 heteroatoms. The van der Waals surface area contributed by atoms with Gasteiger partial charge >= 0.3 is 0 Å². The van der Waals surface area contributed by atoms with Gasteiger partial charge in [-0.05, 0) is 50.0 Å². The molecule has 3 aliphatic rings. The van der Waals surface area contributed by atoms with Crippen LogP contribution >= 0.6 is 0 Å². The van der Waals surface area contributed by atoms with E-state index < -0.39 is 0 Å². The maximum atomic E-state index is 5.64. The van der Waals surface area contributed by atoms with Crippen molar-refractivity contribution >= 4 is 0 Å². The van der Waals surface area contributed by atoms with E-state index in [0.29, 0.717) is 6.10 Å². The molecular weight excluding hydrogens is 226 g/mol. The lowest BCUT2D eigenvalue weighted by atomic mass is 9.94. The van der Waals surface area contributed by atoms with Crippen LogP contribution in [0.5, 0.6) is 0 Å². The SMILES string of the molecule is C1=C[C@H]2C[C@H]1C[C@@H]2CNCCOC[C@H]1CCCO1. The van der Waals surface area contributed by atoms with Gasteiger partial charge in [0.25, 0.3) is 0 Å². The Hall–Kier alpha value is -0.380. The lowest BCUT2D eigenvalue weighted by Gasteiger charge is -2.18. The monoisotopic (exact) mass is 251 g/mol. The van der Waals surface area contributed by atoms with Gasteiger partial charge in [-0.15, -0.1) is 0 Å². The van der Waals surface area contributed by atoms with Gasteiger partial charge in [0.15, 0.2) is 0 Å². The first-order valence-corrected chi connectivity index (χ1v) is 7.50. The van der Waals surface area contributed by atoms with Crippen LogP contribution in [0.25, 0.3) is 0 Å². The summed E-state index contributed by atoms with van der Waals surface area (Å²) in [5.41, 5.74) is 0. The molecule has 0 spiro atoms. The predicted octanol–water partition coefficient (Wildman–Crippen LogP) is 1.98. The number of nitrogens with one attached hydrogen (secondary N) is 1. The Morgan fingerprint density at radius 2 is 2.28 bits per heavy atom. The summed E-state index contributed by atoms with van der Waals surface area (Å²) in [5, 5.41) is 3.54. The zero-order valence-electron chi connectivity index (χ0n) is 11.1. The molecule has 0 radical (unpaired) electrons. The third-order valence-electron chi connectivity index (χ3n) is 4.57. The second-order valence-electron chi connectivity index (χ2n) is 5.95. The van der Waals surface area contributed by atoms with Crippen molar-refractivity contribution in [3.63, 3.8) is 0 Å². The molecule has 102 valence electrons. The van der Waals surface area contributed by atoms with Gasteiger partial charge in [-0.25, -0.2) is 0 Å². The summed E-state index contributed by atoms with van der Waals surface area (Å²) in [7, 11) is 0.